The normalized spacial score (nSPS) is 11.9. The fourth-order valence-corrected chi connectivity index (χ4v) is 4.10. The van der Waals surface area contributed by atoms with Crippen LogP contribution < -0.4 is 5.32 Å². The van der Waals surface area contributed by atoms with Crippen molar-refractivity contribution in [1.29, 1.82) is 5.26 Å². The Bertz CT molecular complexity index is 675. The van der Waals surface area contributed by atoms with Crippen LogP contribution in [0, 0.1) is 18.3 Å². The molecule has 0 bridgehead atoms. The summed E-state index contributed by atoms with van der Waals surface area (Å²) in [4.78, 5) is 16.4. The fraction of sp³-hybridized carbons (Fsp3) is 0.462. The van der Waals surface area contributed by atoms with E-state index in [-0.39, 0.29) is 11.5 Å². The number of hydrogen-bond donors (Lipinski definition) is 1. The van der Waals surface area contributed by atoms with Crippen molar-refractivity contribution in [3.63, 3.8) is 0 Å². The standard InChI is InChI=1S/C13H15N5OS3/c1-3-4-15-12-17-18-13(22-12)21-7-10(19)9(5-14)11-16-8(2)6-20-11/h6,9H,3-4,7H2,1-2H3,(H,15,17). The van der Waals surface area contributed by atoms with Crippen LogP contribution in [0.15, 0.2) is 9.72 Å². The van der Waals surface area contributed by atoms with Gasteiger partial charge in [0.05, 0.1) is 11.8 Å². The molecule has 2 heterocycles. The van der Waals surface area contributed by atoms with Gasteiger partial charge in [-0.15, -0.1) is 21.5 Å². The Labute approximate surface area is 141 Å². The van der Waals surface area contributed by atoms with E-state index < -0.39 is 5.92 Å². The Balaban J connectivity index is 1.91. The molecule has 2 rings (SSSR count). The molecule has 0 radical (unpaired) electrons. The van der Waals surface area contributed by atoms with E-state index in [2.05, 4.69) is 27.4 Å². The largest absolute Gasteiger partial charge is 0.360 e. The van der Waals surface area contributed by atoms with Crippen LogP contribution in [0.5, 0.6) is 0 Å². The average Bonchev–Trinajstić information content (AvgIpc) is 3.13. The second kappa shape index (κ2) is 8.22. The lowest BCUT2D eigenvalue weighted by molar-refractivity contribution is -0.116. The summed E-state index contributed by atoms with van der Waals surface area (Å²) in [5.74, 6) is -0.754. The van der Waals surface area contributed by atoms with Gasteiger partial charge in [-0.25, -0.2) is 4.98 Å². The first-order chi connectivity index (χ1) is 10.6. The summed E-state index contributed by atoms with van der Waals surface area (Å²) in [6.45, 7) is 4.77. The van der Waals surface area contributed by atoms with Crippen molar-refractivity contribution in [3.8, 4) is 6.07 Å². The van der Waals surface area contributed by atoms with Crippen LogP contribution in [0.1, 0.15) is 30.0 Å². The zero-order chi connectivity index (χ0) is 15.9. The summed E-state index contributed by atoms with van der Waals surface area (Å²) in [7, 11) is 0. The molecular formula is C13H15N5OS3. The molecule has 0 fully saturated rings. The van der Waals surface area contributed by atoms with Gasteiger partial charge in [0.25, 0.3) is 0 Å². The van der Waals surface area contributed by atoms with E-state index in [0.717, 1.165) is 28.1 Å². The van der Waals surface area contributed by atoms with Crippen molar-refractivity contribution in [2.45, 2.75) is 30.5 Å². The molecule has 0 aliphatic rings. The number of aromatic nitrogens is 3. The molecule has 0 saturated heterocycles. The van der Waals surface area contributed by atoms with Gasteiger partial charge >= 0.3 is 0 Å². The van der Waals surface area contributed by atoms with E-state index in [0.29, 0.717) is 5.01 Å². The lowest BCUT2D eigenvalue weighted by Crippen LogP contribution is -2.13. The summed E-state index contributed by atoms with van der Waals surface area (Å²) in [5.41, 5.74) is 0.830. The smallest absolute Gasteiger partial charge is 0.206 e. The predicted molar refractivity (Wildman–Crippen MR) is 89.6 cm³/mol. The third-order valence-electron chi connectivity index (χ3n) is 2.61. The number of carbonyl (C=O) groups is 1. The maximum absolute atomic E-state index is 12.2. The van der Waals surface area contributed by atoms with Gasteiger partial charge in [-0.05, 0) is 13.3 Å². The van der Waals surface area contributed by atoms with E-state index in [1.807, 2.05) is 18.4 Å². The molecule has 1 N–H and O–H groups in total. The van der Waals surface area contributed by atoms with Crippen LogP contribution in [-0.4, -0.2) is 33.3 Å². The molecule has 1 atom stereocenters. The van der Waals surface area contributed by atoms with Crippen LogP contribution >= 0.6 is 34.4 Å². The van der Waals surface area contributed by atoms with Crippen molar-refractivity contribution in [1.82, 2.24) is 15.2 Å². The number of nitrogens with one attached hydrogen (secondary N) is 1. The van der Waals surface area contributed by atoms with E-state index in [1.54, 1.807) is 0 Å². The van der Waals surface area contributed by atoms with Crippen LogP contribution in [-0.2, 0) is 4.79 Å². The molecule has 22 heavy (non-hydrogen) atoms. The molecule has 0 aromatic carbocycles. The number of rotatable bonds is 8. The second-order valence-corrected chi connectivity index (χ2v) is 7.53. The second-order valence-electron chi connectivity index (χ2n) is 4.44. The van der Waals surface area contributed by atoms with Gasteiger partial charge in [0.2, 0.25) is 5.13 Å². The minimum atomic E-state index is -0.795. The zero-order valence-corrected chi connectivity index (χ0v) is 14.6. The number of anilines is 1. The number of ketones is 1. The highest BCUT2D eigenvalue weighted by atomic mass is 32.2. The van der Waals surface area contributed by atoms with Crippen molar-refractivity contribution in [2.75, 3.05) is 17.6 Å². The van der Waals surface area contributed by atoms with Crippen molar-refractivity contribution in [3.05, 3.63) is 16.1 Å². The highest BCUT2D eigenvalue weighted by Crippen LogP contribution is 2.28. The zero-order valence-electron chi connectivity index (χ0n) is 12.2. The molecule has 0 spiro atoms. The summed E-state index contributed by atoms with van der Waals surface area (Å²) in [6, 6.07) is 2.04. The number of aryl methyl sites for hydroxylation is 1. The number of thiazole rings is 1. The molecule has 116 valence electrons. The summed E-state index contributed by atoms with van der Waals surface area (Å²) < 4.78 is 0.721. The van der Waals surface area contributed by atoms with Gasteiger partial charge in [-0.1, -0.05) is 30.0 Å². The third-order valence-corrected chi connectivity index (χ3v) is 5.67. The number of Topliss-reactive ketones (excluding diaryl/α,β-unsaturated/α-hetero) is 1. The monoisotopic (exact) mass is 353 g/mol. The van der Waals surface area contributed by atoms with Crippen molar-refractivity contribution >= 4 is 45.4 Å². The van der Waals surface area contributed by atoms with E-state index in [4.69, 9.17) is 0 Å². The van der Waals surface area contributed by atoms with E-state index in [9.17, 15) is 10.1 Å². The van der Waals surface area contributed by atoms with Crippen LogP contribution in [0.4, 0.5) is 5.13 Å². The fourth-order valence-electron chi connectivity index (χ4n) is 1.56. The maximum Gasteiger partial charge on any atom is 0.206 e. The first-order valence-electron chi connectivity index (χ1n) is 6.68. The molecule has 6 nitrogen and oxygen atoms in total. The summed E-state index contributed by atoms with van der Waals surface area (Å²) in [6.07, 6.45) is 1.01. The van der Waals surface area contributed by atoms with Gasteiger partial charge in [0.15, 0.2) is 16.0 Å². The minimum absolute atomic E-state index is 0.153. The Hall–Kier alpha value is -1.50. The third kappa shape index (κ3) is 4.50. The quantitative estimate of drug-likeness (QED) is 0.729. The first-order valence-corrected chi connectivity index (χ1v) is 9.36. The number of thioether (sulfide) groups is 1. The molecule has 0 aliphatic carbocycles. The predicted octanol–water partition coefficient (Wildman–Crippen LogP) is 3.09. The van der Waals surface area contributed by atoms with Gasteiger partial charge < -0.3 is 5.32 Å². The van der Waals surface area contributed by atoms with Crippen molar-refractivity contribution in [2.24, 2.45) is 0 Å². The van der Waals surface area contributed by atoms with Gasteiger partial charge in [-0.2, -0.15) is 5.26 Å². The number of carbonyl (C=O) groups excluding carboxylic acids is 1. The number of nitriles is 1. The lowest BCUT2D eigenvalue weighted by Gasteiger charge is -2.03. The first kappa shape index (κ1) is 16.9. The van der Waals surface area contributed by atoms with Crippen LogP contribution in [0.25, 0.3) is 0 Å². The topological polar surface area (TPSA) is 91.6 Å². The van der Waals surface area contributed by atoms with Gasteiger partial charge in [0, 0.05) is 17.6 Å². The Kier molecular flexibility index (Phi) is 6.30. The number of nitrogens with zero attached hydrogens (tertiary/aromatic N) is 4. The molecule has 2 aromatic heterocycles. The highest BCUT2D eigenvalue weighted by Gasteiger charge is 2.23. The Morgan fingerprint density at radius 3 is 3.00 bits per heavy atom. The Morgan fingerprint density at radius 2 is 2.36 bits per heavy atom. The maximum atomic E-state index is 12.2. The molecule has 0 saturated carbocycles. The molecule has 0 amide bonds. The van der Waals surface area contributed by atoms with Gasteiger partial charge in [0.1, 0.15) is 5.01 Å². The van der Waals surface area contributed by atoms with Crippen LogP contribution in [0.3, 0.4) is 0 Å². The number of hydrogen-bond acceptors (Lipinski definition) is 9. The Morgan fingerprint density at radius 1 is 1.55 bits per heavy atom. The molecule has 2 aromatic rings. The summed E-state index contributed by atoms with van der Waals surface area (Å²) >= 11 is 4.07. The lowest BCUT2D eigenvalue weighted by atomic mass is 10.1. The van der Waals surface area contributed by atoms with E-state index >= 15 is 0 Å². The molecule has 9 heteroatoms. The molecular weight excluding hydrogens is 338 g/mol. The van der Waals surface area contributed by atoms with Crippen molar-refractivity contribution < 1.29 is 4.79 Å². The highest BCUT2D eigenvalue weighted by molar-refractivity contribution is 8.01. The summed E-state index contributed by atoms with van der Waals surface area (Å²) in [5, 5.41) is 23.6. The SMILES string of the molecule is CCCNc1nnc(SCC(=O)C(C#N)c2nc(C)cs2)s1. The van der Waals surface area contributed by atoms with Crippen LogP contribution in [0.2, 0.25) is 0 Å². The molecule has 0 aliphatic heterocycles. The van der Waals surface area contributed by atoms with Gasteiger partial charge in [-0.3, -0.25) is 4.79 Å². The average molecular weight is 353 g/mol. The van der Waals surface area contributed by atoms with E-state index in [1.165, 1.54) is 34.4 Å². The molecule has 1 unspecified atom stereocenters. The minimum Gasteiger partial charge on any atom is -0.360 e.